The molecule has 2 aromatic rings. The van der Waals surface area contributed by atoms with Crippen LogP contribution in [0, 0.1) is 0 Å². The third-order valence-electron chi connectivity index (χ3n) is 4.08. The van der Waals surface area contributed by atoms with E-state index in [0.29, 0.717) is 13.2 Å². The summed E-state index contributed by atoms with van der Waals surface area (Å²) >= 11 is 0. The molecule has 1 aromatic heterocycles. The number of carbonyl (C=O) groups excluding carboxylic acids is 1. The van der Waals surface area contributed by atoms with E-state index in [1.54, 1.807) is 0 Å². The summed E-state index contributed by atoms with van der Waals surface area (Å²) in [6.45, 7) is -0.382. The average Bonchev–Trinajstić information content (AvgIpc) is 2.73. The van der Waals surface area contributed by atoms with Gasteiger partial charge in [-0.25, -0.2) is 13.4 Å². The Morgan fingerprint density at radius 3 is 2.57 bits per heavy atom. The minimum atomic E-state index is -4.50. The van der Waals surface area contributed by atoms with E-state index in [0.717, 1.165) is 12.3 Å². The normalized spacial score (nSPS) is 15.6. The lowest BCUT2D eigenvalue weighted by molar-refractivity contribution is -0.154. The van der Waals surface area contributed by atoms with Crippen LogP contribution in [0.1, 0.15) is 10.4 Å². The molecule has 0 atom stereocenters. The van der Waals surface area contributed by atoms with E-state index in [-0.39, 0.29) is 35.1 Å². The van der Waals surface area contributed by atoms with E-state index < -0.39 is 28.7 Å². The van der Waals surface area contributed by atoms with Gasteiger partial charge >= 0.3 is 6.18 Å². The number of carbonyl (C=O) groups is 1. The molecule has 1 aromatic carbocycles. The summed E-state index contributed by atoms with van der Waals surface area (Å²) in [6.07, 6.45) is -3.43. The molecule has 0 aliphatic carbocycles. The lowest BCUT2D eigenvalue weighted by Crippen LogP contribution is -2.40. The SMILES string of the molecule is O=C(Nc1cccc(S(=O)(=O)N2CCOCC2)c1)c1ccc(OCC(F)(F)F)nc1. The number of nitrogens with one attached hydrogen (secondary N) is 1. The standard InChI is InChI=1S/C18H18F3N3O5S/c19-18(20,21)12-29-16-5-4-13(11-22-16)17(25)23-14-2-1-3-15(10-14)30(26,27)24-6-8-28-9-7-24/h1-5,10-11H,6-9,12H2,(H,23,25). The predicted octanol–water partition coefficient (Wildman–Crippen LogP) is 2.30. The Hall–Kier alpha value is -2.70. The number of sulfonamides is 1. The second kappa shape index (κ2) is 8.98. The molecule has 3 rings (SSSR count). The van der Waals surface area contributed by atoms with Crippen LogP contribution in [-0.4, -0.2) is 62.7 Å². The van der Waals surface area contributed by atoms with E-state index in [1.807, 2.05) is 0 Å². The number of nitrogens with zero attached hydrogens (tertiary/aromatic N) is 2. The van der Waals surface area contributed by atoms with Gasteiger partial charge in [0.15, 0.2) is 6.61 Å². The van der Waals surface area contributed by atoms with Gasteiger partial charge in [-0.15, -0.1) is 0 Å². The number of aromatic nitrogens is 1. The van der Waals surface area contributed by atoms with Crippen molar-refractivity contribution in [1.29, 1.82) is 0 Å². The number of anilines is 1. The molecule has 0 unspecified atom stereocenters. The molecule has 0 bridgehead atoms. The highest BCUT2D eigenvalue weighted by Gasteiger charge is 2.29. The summed E-state index contributed by atoms with van der Waals surface area (Å²) in [7, 11) is -3.73. The lowest BCUT2D eigenvalue weighted by Gasteiger charge is -2.26. The van der Waals surface area contributed by atoms with Crippen molar-refractivity contribution in [2.45, 2.75) is 11.1 Å². The van der Waals surface area contributed by atoms with E-state index in [1.165, 1.54) is 34.6 Å². The molecule has 0 spiro atoms. The molecule has 30 heavy (non-hydrogen) atoms. The molecule has 1 aliphatic rings. The zero-order chi connectivity index (χ0) is 21.8. The van der Waals surface area contributed by atoms with Crippen molar-refractivity contribution in [3.63, 3.8) is 0 Å². The predicted molar refractivity (Wildman–Crippen MR) is 99.8 cm³/mol. The van der Waals surface area contributed by atoms with Crippen molar-refractivity contribution in [3.05, 3.63) is 48.2 Å². The van der Waals surface area contributed by atoms with Gasteiger partial charge in [-0.3, -0.25) is 4.79 Å². The van der Waals surface area contributed by atoms with Crippen molar-refractivity contribution in [1.82, 2.24) is 9.29 Å². The highest BCUT2D eigenvalue weighted by molar-refractivity contribution is 7.89. The number of ether oxygens (including phenoxy) is 2. The van der Waals surface area contributed by atoms with Crippen molar-refractivity contribution >= 4 is 21.6 Å². The summed E-state index contributed by atoms with van der Waals surface area (Å²) in [5, 5.41) is 2.54. The molecule has 1 amide bonds. The number of alkyl halides is 3. The monoisotopic (exact) mass is 445 g/mol. The average molecular weight is 445 g/mol. The zero-order valence-electron chi connectivity index (χ0n) is 15.6. The number of benzene rings is 1. The number of hydrogen-bond acceptors (Lipinski definition) is 6. The van der Waals surface area contributed by atoms with Gasteiger partial charge in [0, 0.05) is 31.0 Å². The zero-order valence-corrected chi connectivity index (χ0v) is 16.4. The van der Waals surface area contributed by atoms with Gasteiger partial charge in [0.1, 0.15) is 0 Å². The largest absolute Gasteiger partial charge is 0.468 e. The van der Waals surface area contributed by atoms with E-state index >= 15 is 0 Å². The number of morpholine rings is 1. The van der Waals surface area contributed by atoms with Crippen LogP contribution >= 0.6 is 0 Å². The topological polar surface area (TPSA) is 97.8 Å². The Morgan fingerprint density at radius 2 is 1.93 bits per heavy atom. The maximum absolute atomic E-state index is 12.7. The minimum Gasteiger partial charge on any atom is -0.468 e. The maximum atomic E-state index is 12.7. The number of hydrogen-bond donors (Lipinski definition) is 1. The van der Waals surface area contributed by atoms with E-state index in [9.17, 15) is 26.4 Å². The summed E-state index contributed by atoms with van der Waals surface area (Å²) in [5.74, 6) is -0.881. The quantitative estimate of drug-likeness (QED) is 0.733. The highest BCUT2D eigenvalue weighted by atomic mass is 32.2. The molecule has 1 aliphatic heterocycles. The van der Waals surface area contributed by atoms with Crippen LogP contribution in [0.5, 0.6) is 5.88 Å². The first kappa shape index (κ1) is 22.0. The first-order chi connectivity index (χ1) is 14.1. The Morgan fingerprint density at radius 1 is 1.20 bits per heavy atom. The molecule has 1 fully saturated rings. The van der Waals surface area contributed by atoms with Crippen LogP contribution in [-0.2, 0) is 14.8 Å². The van der Waals surface area contributed by atoms with Crippen LogP contribution in [0.2, 0.25) is 0 Å². The fraction of sp³-hybridized carbons (Fsp3) is 0.333. The molecule has 12 heteroatoms. The van der Waals surface area contributed by atoms with E-state index in [2.05, 4.69) is 15.0 Å². The van der Waals surface area contributed by atoms with Gasteiger partial charge in [-0.1, -0.05) is 6.07 Å². The van der Waals surface area contributed by atoms with Crippen LogP contribution < -0.4 is 10.1 Å². The van der Waals surface area contributed by atoms with Crippen LogP contribution in [0.4, 0.5) is 18.9 Å². The van der Waals surface area contributed by atoms with Gasteiger partial charge in [-0.2, -0.15) is 17.5 Å². The van der Waals surface area contributed by atoms with Crippen LogP contribution in [0.3, 0.4) is 0 Å². The Bertz CT molecular complexity index is 991. The van der Waals surface area contributed by atoms with Gasteiger partial charge in [0.2, 0.25) is 15.9 Å². The summed E-state index contributed by atoms with van der Waals surface area (Å²) < 4.78 is 72.9. The number of rotatable bonds is 6. The molecule has 1 N–H and O–H groups in total. The molecule has 162 valence electrons. The maximum Gasteiger partial charge on any atom is 0.422 e. The van der Waals surface area contributed by atoms with Crippen molar-refractivity contribution < 1.29 is 35.9 Å². The molecule has 8 nitrogen and oxygen atoms in total. The number of pyridine rings is 1. The number of halogens is 3. The van der Waals surface area contributed by atoms with Gasteiger partial charge in [0.05, 0.1) is 23.7 Å². The fourth-order valence-corrected chi connectivity index (χ4v) is 4.08. The van der Waals surface area contributed by atoms with E-state index in [4.69, 9.17) is 4.74 Å². The molecule has 2 heterocycles. The smallest absolute Gasteiger partial charge is 0.422 e. The molecular weight excluding hydrogens is 427 g/mol. The van der Waals surface area contributed by atoms with Crippen molar-refractivity contribution in [2.75, 3.05) is 38.2 Å². The van der Waals surface area contributed by atoms with Gasteiger partial charge in [-0.05, 0) is 24.3 Å². The highest BCUT2D eigenvalue weighted by Crippen LogP contribution is 2.21. The summed E-state index contributed by atoms with van der Waals surface area (Å²) in [5.41, 5.74) is 0.308. The van der Waals surface area contributed by atoms with Gasteiger partial charge < -0.3 is 14.8 Å². The van der Waals surface area contributed by atoms with Crippen molar-refractivity contribution in [3.8, 4) is 5.88 Å². The molecule has 1 saturated heterocycles. The van der Waals surface area contributed by atoms with Gasteiger partial charge in [0.25, 0.3) is 5.91 Å². The second-order valence-electron chi connectivity index (χ2n) is 6.29. The lowest BCUT2D eigenvalue weighted by atomic mass is 10.2. The van der Waals surface area contributed by atoms with Crippen molar-refractivity contribution in [2.24, 2.45) is 0 Å². The summed E-state index contributed by atoms with van der Waals surface area (Å²) in [6, 6.07) is 8.16. The minimum absolute atomic E-state index is 0.0243. The molecule has 0 saturated carbocycles. The Balaban J connectivity index is 1.68. The van der Waals surface area contributed by atoms with Crippen LogP contribution in [0.25, 0.3) is 0 Å². The molecular formula is C18H18F3N3O5S. The third-order valence-corrected chi connectivity index (χ3v) is 5.98. The number of amides is 1. The third kappa shape index (κ3) is 5.68. The fourth-order valence-electron chi connectivity index (χ4n) is 2.63. The summed E-state index contributed by atoms with van der Waals surface area (Å²) in [4.78, 5) is 16.0. The second-order valence-corrected chi connectivity index (χ2v) is 8.23. The molecule has 0 radical (unpaired) electrons. The first-order valence-corrected chi connectivity index (χ1v) is 10.2. The van der Waals surface area contributed by atoms with Crippen LogP contribution in [0.15, 0.2) is 47.5 Å². The Kier molecular flexibility index (Phi) is 6.58. The Labute approximate surface area is 170 Å². The first-order valence-electron chi connectivity index (χ1n) is 8.80.